The third kappa shape index (κ3) is 8.98. The molecule has 36 heavy (non-hydrogen) atoms. The summed E-state index contributed by atoms with van der Waals surface area (Å²) in [5, 5.41) is 3.49. The van der Waals surface area contributed by atoms with Gasteiger partial charge in [0.1, 0.15) is 6.04 Å². The second kappa shape index (κ2) is 13.3. The van der Waals surface area contributed by atoms with Gasteiger partial charge in [-0.15, -0.1) is 0 Å². The average molecular weight is 557 g/mol. The number of carbonyl (C=O) groups is 2. The standard InChI is InChI=1S/C26H35Cl2N3O4S/c1-18(2)16-29-26(33)20(4)30(17-21-10-8-19(3)9-11-21)25(32)7-6-14-31(36(5,34)35)24-15-22(27)12-13-23(24)28/h8-13,15,18,20H,6-7,14,16-17H2,1-5H3,(H,29,33). The van der Waals surface area contributed by atoms with Gasteiger partial charge in [-0.25, -0.2) is 8.42 Å². The van der Waals surface area contributed by atoms with E-state index in [-0.39, 0.29) is 54.4 Å². The highest BCUT2D eigenvalue weighted by molar-refractivity contribution is 7.92. The highest BCUT2D eigenvalue weighted by Crippen LogP contribution is 2.31. The largest absolute Gasteiger partial charge is 0.354 e. The number of rotatable bonds is 12. The molecule has 2 rings (SSSR count). The maximum Gasteiger partial charge on any atom is 0.242 e. The van der Waals surface area contributed by atoms with Crippen LogP contribution in [0.1, 0.15) is 44.7 Å². The minimum Gasteiger partial charge on any atom is -0.354 e. The van der Waals surface area contributed by atoms with Crippen molar-refractivity contribution in [1.29, 1.82) is 0 Å². The molecule has 7 nitrogen and oxygen atoms in total. The Morgan fingerprint density at radius 1 is 1.03 bits per heavy atom. The van der Waals surface area contributed by atoms with E-state index in [9.17, 15) is 18.0 Å². The van der Waals surface area contributed by atoms with Gasteiger partial charge in [-0.05, 0) is 49.9 Å². The van der Waals surface area contributed by atoms with Crippen molar-refractivity contribution in [2.75, 3.05) is 23.7 Å². The molecule has 0 aliphatic carbocycles. The van der Waals surface area contributed by atoms with Crippen molar-refractivity contribution in [3.63, 3.8) is 0 Å². The quantitative estimate of drug-likeness (QED) is 0.397. The van der Waals surface area contributed by atoms with Gasteiger partial charge < -0.3 is 10.2 Å². The molecule has 1 N–H and O–H groups in total. The number of nitrogens with one attached hydrogen (secondary N) is 1. The maximum absolute atomic E-state index is 13.3. The molecular weight excluding hydrogens is 521 g/mol. The number of benzene rings is 2. The van der Waals surface area contributed by atoms with E-state index < -0.39 is 16.1 Å². The van der Waals surface area contributed by atoms with Crippen LogP contribution in [0.25, 0.3) is 0 Å². The maximum atomic E-state index is 13.3. The molecule has 0 spiro atoms. The summed E-state index contributed by atoms with van der Waals surface area (Å²) in [6, 6.07) is 11.7. The van der Waals surface area contributed by atoms with Crippen molar-refractivity contribution in [2.24, 2.45) is 5.92 Å². The van der Waals surface area contributed by atoms with Crippen LogP contribution in [0, 0.1) is 12.8 Å². The zero-order valence-corrected chi connectivity index (χ0v) is 23.8. The van der Waals surface area contributed by atoms with Gasteiger partial charge in [0.2, 0.25) is 21.8 Å². The van der Waals surface area contributed by atoms with Crippen molar-refractivity contribution in [2.45, 2.75) is 53.1 Å². The lowest BCUT2D eigenvalue weighted by atomic mass is 10.1. The van der Waals surface area contributed by atoms with Gasteiger partial charge in [-0.2, -0.15) is 0 Å². The van der Waals surface area contributed by atoms with Crippen LogP contribution in [0.2, 0.25) is 10.0 Å². The molecular formula is C26H35Cl2N3O4S. The number of anilines is 1. The summed E-state index contributed by atoms with van der Waals surface area (Å²) in [7, 11) is -3.67. The summed E-state index contributed by atoms with van der Waals surface area (Å²) < 4.78 is 26.1. The lowest BCUT2D eigenvalue weighted by Gasteiger charge is -2.30. The van der Waals surface area contributed by atoms with Gasteiger partial charge in [-0.1, -0.05) is 66.9 Å². The Hall–Kier alpha value is -2.29. The van der Waals surface area contributed by atoms with E-state index >= 15 is 0 Å². The molecule has 0 bridgehead atoms. The first-order valence-corrected chi connectivity index (χ1v) is 14.5. The topological polar surface area (TPSA) is 86.8 Å². The van der Waals surface area contributed by atoms with E-state index in [0.29, 0.717) is 11.6 Å². The lowest BCUT2D eigenvalue weighted by Crippen LogP contribution is -2.48. The van der Waals surface area contributed by atoms with Gasteiger partial charge in [-0.3, -0.25) is 13.9 Å². The summed E-state index contributed by atoms with van der Waals surface area (Å²) in [6.07, 6.45) is 1.37. The second-order valence-corrected chi connectivity index (χ2v) is 12.1. The summed E-state index contributed by atoms with van der Waals surface area (Å²) in [5.41, 5.74) is 2.26. The molecule has 0 radical (unpaired) electrons. The molecule has 198 valence electrons. The molecule has 2 aromatic carbocycles. The van der Waals surface area contributed by atoms with Crippen LogP contribution in [0.4, 0.5) is 5.69 Å². The van der Waals surface area contributed by atoms with Crippen LogP contribution in [-0.2, 0) is 26.2 Å². The first-order chi connectivity index (χ1) is 16.8. The fourth-order valence-corrected chi connectivity index (χ4v) is 4.99. The fraction of sp³-hybridized carbons (Fsp3) is 0.462. The minimum absolute atomic E-state index is 0.0386. The molecule has 0 saturated heterocycles. The Bertz CT molecular complexity index is 1150. The summed E-state index contributed by atoms with van der Waals surface area (Å²) in [5.74, 6) is -0.191. The third-order valence-electron chi connectivity index (χ3n) is 5.65. The fourth-order valence-electron chi connectivity index (χ4n) is 3.58. The molecule has 0 saturated carbocycles. The number of nitrogens with zero attached hydrogens (tertiary/aromatic N) is 2. The van der Waals surface area contributed by atoms with Crippen molar-refractivity contribution >= 4 is 50.7 Å². The van der Waals surface area contributed by atoms with Gasteiger partial charge in [0.05, 0.1) is 17.0 Å². The Labute approximate surface area is 224 Å². The number of halogens is 2. The van der Waals surface area contributed by atoms with Crippen molar-refractivity contribution in [3.05, 3.63) is 63.6 Å². The van der Waals surface area contributed by atoms with Crippen LogP contribution in [0.15, 0.2) is 42.5 Å². The van der Waals surface area contributed by atoms with Crippen molar-refractivity contribution in [1.82, 2.24) is 10.2 Å². The Morgan fingerprint density at radius 2 is 1.67 bits per heavy atom. The molecule has 2 amide bonds. The van der Waals surface area contributed by atoms with Gasteiger partial charge >= 0.3 is 0 Å². The predicted octanol–water partition coefficient (Wildman–Crippen LogP) is 5.04. The number of aryl methyl sites for hydroxylation is 1. The first kappa shape index (κ1) is 29.9. The molecule has 10 heteroatoms. The monoisotopic (exact) mass is 555 g/mol. The number of carbonyl (C=O) groups excluding carboxylic acids is 2. The SMILES string of the molecule is Cc1ccc(CN(C(=O)CCCN(c2cc(Cl)ccc2Cl)S(C)(=O)=O)C(C)C(=O)NCC(C)C)cc1. The highest BCUT2D eigenvalue weighted by Gasteiger charge is 2.27. The van der Waals surface area contributed by atoms with E-state index in [1.165, 1.54) is 17.0 Å². The van der Waals surface area contributed by atoms with Crippen LogP contribution in [0.3, 0.4) is 0 Å². The first-order valence-electron chi connectivity index (χ1n) is 11.8. The highest BCUT2D eigenvalue weighted by atomic mass is 35.5. The normalized spacial score (nSPS) is 12.3. The van der Waals surface area contributed by atoms with Crippen LogP contribution >= 0.6 is 23.2 Å². The Morgan fingerprint density at radius 3 is 2.25 bits per heavy atom. The summed E-state index contributed by atoms with van der Waals surface area (Å²) in [4.78, 5) is 27.6. The van der Waals surface area contributed by atoms with Gasteiger partial charge in [0, 0.05) is 31.1 Å². The molecule has 1 atom stereocenters. The molecule has 0 fully saturated rings. The van der Waals surface area contributed by atoms with Crippen LogP contribution in [-0.4, -0.2) is 50.5 Å². The Balaban J connectivity index is 2.18. The molecule has 0 aromatic heterocycles. The van der Waals surface area contributed by atoms with E-state index in [4.69, 9.17) is 23.2 Å². The molecule has 0 heterocycles. The molecule has 0 aliphatic heterocycles. The van der Waals surface area contributed by atoms with E-state index in [0.717, 1.165) is 21.7 Å². The molecule has 0 aliphatic rings. The smallest absolute Gasteiger partial charge is 0.242 e. The number of hydrogen-bond acceptors (Lipinski definition) is 4. The van der Waals surface area contributed by atoms with Gasteiger partial charge in [0.15, 0.2) is 0 Å². The number of amides is 2. The second-order valence-electron chi connectivity index (χ2n) is 9.36. The average Bonchev–Trinajstić information content (AvgIpc) is 2.80. The minimum atomic E-state index is -3.67. The summed E-state index contributed by atoms with van der Waals surface area (Å²) in [6.45, 7) is 8.51. The third-order valence-corrected chi connectivity index (χ3v) is 7.39. The van der Waals surface area contributed by atoms with Crippen LogP contribution < -0.4 is 9.62 Å². The van der Waals surface area contributed by atoms with Crippen LogP contribution in [0.5, 0.6) is 0 Å². The number of sulfonamides is 1. The number of hydrogen-bond donors (Lipinski definition) is 1. The predicted molar refractivity (Wildman–Crippen MR) is 147 cm³/mol. The van der Waals surface area contributed by atoms with E-state index in [2.05, 4.69) is 5.32 Å². The van der Waals surface area contributed by atoms with E-state index in [1.807, 2.05) is 45.0 Å². The van der Waals surface area contributed by atoms with Crippen molar-refractivity contribution in [3.8, 4) is 0 Å². The lowest BCUT2D eigenvalue weighted by molar-refractivity contribution is -0.140. The zero-order chi connectivity index (χ0) is 27.0. The molecule has 1 unspecified atom stereocenters. The zero-order valence-electron chi connectivity index (χ0n) is 21.4. The summed E-state index contributed by atoms with van der Waals surface area (Å²) >= 11 is 12.3. The molecule has 2 aromatic rings. The van der Waals surface area contributed by atoms with E-state index in [1.54, 1.807) is 13.0 Å². The van der Waals surface area contributed by atoms with Gasteiger partial charge in [0.25, 0.3) is 0 Å². The van der Waals surface area contributed by atoms with Crippen molar-refractivity contribution < 1.29 is 18.0 Å². The Kier molecular flexibility index (Phi) is 11.1.